The highest BCUT2D eigenvalue weighted by molar-refractivity contribution is 5.19. The number of aromatic nitrogens is 1. The van der Waals surface area contributed by atoms with Gasteiger partial charge in [0.1, 0.15) is 0 Å². The van der Waals surface area contributed by atoms with Crippen LogP contribution < -0.4 is 5.32 Å². The van der Waals surface area contributed by atoms with Gasteiger partial charge in [-0.3, -0.25) is 4.98 Å². The summed E-state index contributed by atoms with van der Waals surface area (Å²) in [6.07, 6.45) is -2.47. The Morgan fingerprint density at radius 2 is 1.94 bits per heavy atom. The molecule has 2 nitrogen and oxygen atoms in total. The topological polar surface area (TPSA) is 24.9 Å². The smallest absolute Gasteiger partial charge is 0.309 e. The lowest BCUT2D eigenvalue weighted by molar-refractivity contribution is -0.137. The number of hydrogen-bond donors (Lipinski definition) is 1. The first-order chi connectivity index (χ1) is 8.40. The van der Waals surface area contributed by atoms with Gasteiger partial charge in [0.15, 0.2) is 0 Å². The summed E-state index contributed by atoms with van der Waals surface area (Å²) in [6.45, 7) is 6.85. The highest BCUT2D eigenvalue weighted by Gasteiger charge is 2.31. The molecule has 1 rings (SSSR count). The van der Waals surface area contributed by atoms with Gasteiger partial charge in [-0.05, 0) is 24.6 Å². The lowest BCUT2D eigenvalue weighted by Crippen LogP contribution is -2.27. The average Bonchev–Trinajstić information content (AvgIpc) is 2.34. The van der Waals surface area contributed by atoms with Crippen LogP contribution >= 0.6 is 0 Å². The second kappa shape index (κ2) is 6.18. The number of rotatable bonds is 5. The second-order valence-corrected chi connectivity index (χ2v) is 4.39. The van der Waals surface area contributed by atoms with Crippen LogP contribution in [-0.4, -0.2) is 11.5 Å². The van der Waals surface area contributed by atoms with Crippen LogP contribution in [-0.2, 0) is 6.18 Å². The van der Waals surface area contributed by atoms with Crippen LogP contribution in [0.15, 0.2) is 18.3 Å². The molecule has 1 aromatic heterocycles. The molecule has 0 aliphatic heterocycles. The lowest BCUT2D eigenvalue weighted by Gasteiger charge is -2.23. The van der Waals surface area contributed by atoms with E-state index >= 15 is 0 Å². The van der Waals surface area contributed by atoms with Crippen molar-refractivity contribution in [3.8, 4) is 0 Å². The fraction of sp³-hybridized carbons (Fsp3) is 0.615. The Bertz CT molecular complexity index is 359. The van der Waals surface area contributed by atoms with Crippen LogP contribution in [0.4, 0.5) is 13.2 Å². The summed E-state index contributed by atoms with van der Waals surface area (Å²) in [4.78, 5) is 3.95. The van der Waals surface area contributed by atoms with Crippen molar-refractivity contribution in [2.75, 3.05) is 6.54 Å². The Morgan fingerprint density at radius 1 is 1.28 bits per heavy atom. The van der Waals surface area contributed by atoms with Crippen molar-refractivity contribution in [1.29, 1.82) is 0 Å². The van der Waals surface area contributed by atoms with E-state index in [1.54, 1.807) is 0 Å². The normalized spacial score (nSPS) is 15.4. The van der Waals surface area contributed by atoms with E-state index in [1.807, 2.05) is 6.92 Å². The van der Waals surface area contributed by atoms with Gasteiger partial charge in [0, 0.05) is 6.20 Å². The van der Waals surface area contributed by atoms with E-state index in [-0.39, 0.29) is 6.04 Å². The van der Waals surface area contributed by atoms with Crippen molar-refractivity contribution in [2.24, 2.45) is 5.92 Å². The first kappa shape index (κ1) is 15.0. The molecular formula is C13H19F3N2. The highest BCUT2D eigenvalue weighted by atomic mass is 19.4. The fourth-order valence-electron chi connectivity index (χ4n) is 1.81. The van der Waals surface area contributed by atoms with Gasteiger partial charge in [0.25, 0.3) is 0 Å². The molecule has 1 aromatic rings. The first-order valence-electron chi connectivity index (χ1n) is 6.16. The van der Waals surface area contributed by atoms with Crippen molar-refractivity contribution in [3.63, 3.8) is 0 Å². The minimum atomic E-state index is -4.32. The molecule has 0 radical (unpaired) electrons. The Balaban J connectivity index is 2.93. The minimum absolute atomic E-state index is 0.00211. The zero-order valence-corrected chi connectivity index (χ0v) is 10.9. The van der Waals surface area contributed by atoms with Crippen LogP contribution in [0.3, 0.4) is 0 Å². The molecule has 1 heterocycles. The fourth-order valence-corrected chi connectivity index (χ4v) is 1.81. The molecule has 0 aliphatic rings. The van der Waals surface area contributed by atoms with Gasteiger partial charge in [-0.2, -0.15) is 13.2 Å². The second-order valence-electron chi connectivity index (χ2n) is 4.39. The van der Waals surface area contributed by atoms with E-state index in [2.05, 4.69) is 24.1 Å². The van der Waals surface area contributed by atoms with Crippen molar-refractivity contribution in [1.82, 2.24) is 10.3 Å². The molecule has 2 unspecified atom stereocenters. The molecular weight excluding hydrogens is 241 g/mol. The molecule has 0 saturated carbocycles. The third kappa shape index (κ3) is 3.70. The van der Waals surface area contributed by atoms with Crippen molar-refractivity contribution < 1.29 is 13.2 Å². The van der Waals surface area contributed by atoms with E-state index in [0.29, 0.717) is 11.6 Å². The molecule has 2 atom stereocenters. The first-order valence-corrected chi connectivity index (χ1v) is 6.16. The molecule has 0 aliphatic carbocycles. The number of alkyl halides is 3. The summed E-state index contributed by atoms with van der Waals surface area (Å²) >= 11 is 0. The standard InChI is InChI=1S/C13H19F3N2/c1-4-9(3)12(17-5-2)11-7-6-10(8-18-11)13(14,15)16/h6-9,12,17H,4-5H2,1-3H3. The predicted octanol–water partition coefficient (Wildman–Crippen LogP) is 3.80. The Kier molecular flexibility index (Phi) is 5.14. The minimum Gasteiger partial charge on any atom is -0.309 e. The molecule has 1 N–H and O–H groups in total. The maximum atomic E-state index is 12.4. The number of nitrogens with zero attached hydrogens (tertiary/aromatic N) is 1. The third-order valence-electron chi connectivity index (χ3n) is 3.07. The monoisotopic (exact) mass is 260 g/mol. The number of halogens is 3. The highest BCUT2D eigenvalue weighted by Crippen LogP contribution is 2.30. The van der Waals surface area contributed by atoms with Gasteiger partial charge in [-0.25, -0.2) is 0 Å². The van der Waals surface area contributed by atoms with E-state index < -0.39 is 11.7 Å². The van der Waals surface area contributed by atoms with E-state index in [4.69, 9.17) is 0 Å². The summed E-state index contributed by atoms with van der Waals surface area (Å²) in [5.41, 5.74) is -0.0372. The van der Waals surface area contributed by atoms with E-state index in [1.165, 1.54) is 6.07 Å². The molecule has 5 heteroatoms. The van der Waals surface area contributed by atoms with Gasteiger partial charge in [-0.15, -0.1) is 0 Å². The summed E-state index contributed by atoms with van der Waals surface area (Å²) in [5.74, 6) is 0.328. The molecule has 0 fully saturated rings. The molecule has 0 aromatic carbocycles. The van der Waals surface area contributed by atoms with Crippen molar-refractivity contribution in [2.45, 2.75) is 39.4 Å². The van der Waals surface area contributed by atoms with Gasteiger partial charge in [0.2, 0.25) is 0 Å². The molecule has 0 bridgehead atoms. The van der Waals surface area contributed by atoms with Gasteiger partial charge in [-0.1, -0.05) is 27.2 Å². The summed E-state index contributed by atoms with van der Waals surface area (Å²) in [6, 6.07) is 2.56. The molecule has 18 heavy (non-hydrogen) atoms. The third-order valence-corrected chi connectivity index (χ3v) is 3.07. The van der Waals surface area contributed by atoms with Gasteiger partial charge >= 0.3 is 6.18 Å². The van der Waals surface area contributed by atoms with Crippen LogP contribution in [0, 0.1) is 5.92 Å². The van der Waals surface area contributed by atoms with E-state index in [9.17, 15) is 13.2 Å². The molecule has 0 saturated heterocycles. The number of hydrogen-bond acceptors (Lipinski definition) is 2. The van der Waals surface area contributed by atoms with Crippen molar-refractivity contribution in [3.05, 3.63) is 29.6 Å². The summed E-state index contributed by atoms with van der Waals surface area (Å²) in [5, 5.41) is 3.26. The molecule has 0 amide bonds. The maximum absolute atomic E-state index is 12.4. The average molecular weight is 260 g/mol. The maximum Gasteiger partial charge on any atom is 0.417 e. The number of pyridine rings is 1. The van der Waals surface area contributed by atoms with Crippen molar-refractivity contribution >= 4 is 0 Å². The molecule has 0 spiro atoms. The van der Waals surface area contributed by atoms with Crippen LogP contribution in [0.2, 0.25) is 0 Å². The SMILES string of the molecule is CCNC(c1ccc(C(F)(F)F)cn1)C(C)CC. The largest absolute Gasteiger partial charge is 0.417 e. The molecule has 102 valence electrons. The van der Waals surface area contributed by atoms with Gasteiger partial charge in [0.05, 0.1) is 17.3 Å². The van der Waals surface area contributed by atoms with Gasteiger partial charge < -0.3 is 5.32 Å². The Morgan fingerprint density at radius 3 is 2.33 bits per heavy atom. The van der Waals surface area contributed by atoms with E-state index in [0.717, 1.165) is 25.2 Å². The lowest BCUT2D eigenvalue weighted by atomic mass is 9.95. The zero-order valence-electron chi connectivity index (χ0n) is 10.9. The quantitative estimate of drug-likeness (QED) is 0.871. The van der Waals surface area contributed by atoms with Crippen LogP contribution in [0.1, 0.15) is 44.5 Å². The zero-order chi connectivity index (χ0) is 13.8. The van der Waals surface area contributed by atoms with Crippen LogP contribution in [0.5, 0.6) is 0 Å². The Hall–Kier alpha value is -1.10. The number of nitrogens with one attached hydrogen (secondary N) is 1. The summed E-state index contributed by atoms with van der Waals surface area (Å²) in [7, 11) is 0. The Labute approximate surface area is 106 Å². The summed E-state index contributed by atoms with van der Waals surface area (Å²) < 4.78 is 37.3. The predicted molar refractivity (Wildman–Crippen MR) is 65.1 cm³/mol. The van der Waals surface area contributed by atoms with Crippen LogP contribution in [0.25, 0.3) is 0 Å².